The maximum absolute atomic E-state index is 5.82. The van der Waals surface area contributed by atoms with Crippen LogP contribution in [0.2, 0.25) is 0 Å². The van der Waals surface area contributed by atoms with Gasteiger partial charge >= 0.3 is 0 Å². The minimum Gasteiger partial charge on any atom is -0.464 e. The first-order valence-corrected chi connectivity index (χ1v) is 6.52. The Balaban J connectivity index is 1.83. The summed E-state index contributed by atoms with van der Waals surface area (Å²) < 4.78 is 5.82. The van der Waals surface area contributed by atoms with Gasteiger partial charge in [-0.15, -0.1) is 6.42 Å². The van der Waals surface area contributed by atoms with Gasteiger partial charge in [0.2, 0.25) is 0 Å². The van der Waals surface area contributed by atoms with Crippen molar-refractivity contribution in [1.82, 2.24) is 5.32 Å². The third kappa shape index (κ3) is 3.14. The van der Waals surface area contributed by atoms with Crippen molar-refractivity contribution in [3.05, 3.63) is 23.7 Å². The predicted octanol–water partition coefficient (Wildman–Crippen LogP) is 3.29. The molecule has 3 unspecified atom stereocenters. The van der Waals surface area contributed by atoms with E-state index in [0.717, 1.165) is 36.8 Å². The molecule has 1 fully saturated rings. The summed E-state index contributed by atoms with van der Waals surface area (Å²) in [6, 6.07) is 4.33. The number of nitrogens with one attached hydrogen (secondary N) is 1. The Hall–Kier alpha value is -1.20. The van der Waals surface area contributed by atoms with Gasteiger partial charge in [-0.3, -0.25) is 5.32 Å². The zero-order valence-corrected chi connectivity index (χ0v) is 10.7. The number of terminal acetylenes is 1. The molecule has 1 aliphatic rings. The van der Waals surface area contributed by atoms with E-state index in [2.05, 4.69) is 37.2 Å². The molecule has 0 saturated heterocycles. The molecule has 1 N–H and O–H groups in total. The summed E-state index contributed by atoms with van der Waals surface area (Å²) in [4.78, 5) is 0. The van der Waals surface area contributed by atoms with Crippen LogP contribution in [0.15, 0.2) is 16.5 Å². The molecule has 2 rings (SSSR count). The largest absolute Gasteiger partial charge is 0.464 e. The molecule has 0 radical (unpaired) electrons. The zero-order chi connectivity index (χ0) is 12.3. The van der Waals surface area contributed by atoms with Gasteiger partial charge in [-0.1, -0.05) is 26.2 Å². The fourth-order valence-corrected chi connectivity index (χ4v) is 2.16. The van der Waals surface area contributed by atoms with Crippen LogP contribution in [-0.4, -0.2) is 6.04 Å². The molecular formula is C15H21NO. The van der Waals surface area contributed by atoms with E-state index in [1.807, 2.05) is 0 Å². The number of furan rings is 1. The first kappa shape index (κ1) is 12.3. The van der Waals surface area contributed by atoms with E-state index in [9.17, 15) is 0 Å². The highest BCUT2D eigenvalue weighted by molar-refractivity contribution is 5.17. The fraction of sp³-hybridized carbons (Fsp3) is 0.600. The third-order valence-electron chi connectivity index (χ3n) is 3.46. The average molecular weight is 231 g/mol. The third-order valence-corrected chi connectivity index (χ3v) is 3.46. The van der Waals surface area contributed by atoms with E-state index in [4.69, 9.17) is 10.8 Å². The van der Waals surface area contributed by atoms with Crippen LogP contribution < -0.4 is 5.32 Å². The summed E-state index contributed by atoms with van der Waals surface area (Å²) in [6.07, 6.45) is 8.85. The number of hydrogen-bond acceptors (Lipinski definition) is 2. The molecule has 92 valence electrons. The molecule has 1 aromatic rings. The second kappa shape index (κ2) is 5.42. The molecule has 3 atom stereocenters. The minimum atomic E-state index is 0.161. The molecule has 0 amide bonds. The number of hydrogen-bond donors (Lipinski definition) is 1. The summed E-state index contributed by atoms with van der Waals surface area (Å²) in [7, 11) is 0. The second-order valence-corrected chi connectivity index (χ2v) is 5.01. The Morgan fingerprint density at radius 2 is 2.35 bits per heavy atom. The van der Waals surface area contributed by atoms with Crippen LogP contribution in [0, 0.1) is 18.3 Å². The van der Waals surface area contributed by atoms with Crippen molar-refractivity contribution in [2.75, 3.05) is 0 Å². The maximum atomic E-state index is 5.82. The van der Waals surface area contributed by atoms with E-state index >= 15 is 0 Å². The van der Waals surface area contributed by atoms with Gasteiger partial charge in [-0.05, 0) is 30.9 Å². The Labute approximate surface area is 104 Å². The summed E-state index contributed by atoms with van der Waals surface area (Å²) in [5.74, 6) is 6.35. The van der Waals surface area contributed by atoms with E-state index in [0.29, 0.717) is 5.92 Å². The fourth-order valence-electron chi connectivity index (χ4n) is 2.16. The van der Waals surface area contributed by atoms with Crippen LogP contribution in [0.1, 0.15) is 50.5 Å². The summed E-state index contributed by atoms with van der Waals surface area (Å²) >= 11 is 0. The van der Waals surface area contributed by atoms with Gasteiger partial charge in [0.25, 0.3) is 0 Å². The predicted molar refractivity (Wildman–Crippen MR) is 69.6 cm³/mol. The van der Waals surface area contributed by atoms with Gasteiger partial charge in [0, 0.05) is 5.92 Å². The topological polar surface area (TPSA) is 25.2 Å². The highest BCUT2D eigenvalue weighted by Crippen LogP contribution is 2.47. The summed E-state index contributed by atoms with van der Waals surface area (Å²) in [6.45, 7) is 5.14. The van der Waals surface area contributed by atoms with Gasteiger partial charge < -0.3 is 4.42 Å². The lowest BCUT2D eigenvalue weighted by Gasteiger charge is -2.10. The first-order chi connectivity index (χ1) is 8.24. The van der Waals surface area contributed by atoms with Crippen molar-refractivity contribution in [3.8, 4) is 12.3 Å². The zero-order valence-electron chi connectivity index (χ0n) is 10.7. The minimum absolute atomic E-state index is 0.161. The molecule has 1 aromatic heterocycles. The molecular weight excluding hydrogens is 210 g/mol. The number of rotatable bonds is 6. The van der Waals surface area contributed by atoms with Crippen LogP contribution in [-0.2, 0) is 6.54 Å². The lowest BCUT2D eigenvalue weighted by Crippen LogP contribution is -2.26. The summed E-state index contributed by atoms with van der Waals surface area (Å²) in [5, 5.41) is 3.34. The molecule has 0 bridgehead atoms. The van der Waals surface area contributed by atoms with Gasteiger partial charge in [0.05, 0.1) is 12.6 Å². The van der Waals surface area contributed by atoms with Crippen LogP contribution in [0.3, 0.4) is 0 Å². The van der Waals surface area contributed by atoms with Gasteiger partial charge in [0.1, 0.15) is 11.5 Å². The van der Waals surface area contributed by atoms with Crippen molar-refractivity contribution >= 4 is 0 Å². The molecule has 0 spiro atoms. The summed E-state index contributed by atoms with van der Waals surface area (Å²) in [5.41, 5.74) is 0. The molecule has 1 aliphatic carbocycles. The van der Waals surface area contributed by atoms with E-state index in [1.165, 1.54) is 6.42 Å². The lowest BCUT2D eigenvalue weighted by molar-refractivity contribution is 0.432. The van der Waals surface area contributed by atoms with Crippen LogP contribution in [0.25, 0.3) is 0 Å². The van der Waals surface area contributed by atoms with E-state index < -0.39 is 0 Å². The van der Waals surface area contributed by atoms with Gasteiger partial charge in [-0.2, -0.15) is 0 Å². The monoisotopic (exact) mass is 231 g/mol. The average Bonchev–Trinajstić information content (AvgIpc) is 2.89. The van der Waals surface area contributed by atoms with Crippen molar-refractivity contribution in [2.45, 2.75) is 51.6 Å². The Kier molecular flexibility index (Phi) is 3.91. The SMILES string of the molecule is C#CC(CCC)NCc1ccc(C2CC2C)o1. The Bertz CT molecular complexity index is 401. The van der Waals surface area contributed by atoms with Gasteiger partial charge in [0.15, 0.2) is 0 Å². The Morgan fingerprint density at radius 1 is 1.59 bits per heavy atom. The van der Waals surface area contributed by atoms with Crippen LogP contribution in [0.4, 0.5) is 0 Å². The van der Waals surface area contributed by atoms with Crippen LogP contribution in [0.5, 0.6) is 0 Å². The quantitative estimate of drug-likeness (QED) is 0.760. The van der Waals surface area contributed by atoms with Crippen LogP contribution >= 0.6 is 0 Å². The van der Waals surface area contributed by atoms with E-state index in [1.54, 1.807) is 0 Å². The molecule has 17 heavy (non-hydrogen) atoms. The molecule has 0 aromatic carbocycles. The van der Waals surface area contributed by atoms with Crippen molar-refractivity contribution in [2.24, 2.45) is 5.92 Å². The van der Waals surface area contributed by atoms with Crippen molar-refractivity contribution < 1.29 is 4.42 Å². The van der Waals surface area contributed by atoms with Crippen molar-refractivity contribution in [3.63, 3.8) is 0 Å². The molecule has 2 heteroatoms. The highest BCUT2D eigenvalue weighted by atomic mass is 16.3. The first-order valence-electron chi connectivity index (χ1n) is 6.52. The molecule has 0 aliphatic heterocycles. The highest BCUT2D eigenvalue weighted by Gasteiger charge is 2.36. The standard InChI is InChI=1S/C15H21NO/c1-4-6-12(5-2)16-10-13-7-8-15(17-13)14-9-11(14)3/h2,7-8,11-12,14,16H,4,6,9-10H2,1,3H3. The maximum Gasteiger partial charge on any atom is 0.118 e. The normalized spacial score (nSPS) is 24.3. The van der Waals surface area contributed by atoms with Crippen molar-refractivity contribution in [1.29, 1.82) is 0 Å². The Morgan fingerprint density at radius 3 is 2.94 bits per heavy atom. The van der Waals surface area contributed by atoms with Gasteiger partial charge in [-0.25, -0.2) is 0 Å². The molecule has 1 saturated carbocycles. The lowest BCUT2D eigenvalue weighted by atomic mass is 10.2. The smallest absolute Gasteiger partial charge is 0.118 e. The second-order valence-electron chi connectivity index (χ2n) is 5.01. The van der Waals surface area contributed by atoms with E-state index in [-0.39, 0.29) is 6.04 Å². The molecule has 2 nitrogen and oxygen atoms in total. The molecule has 1 heterocycles.